The summed E-state index contributed by atoms with van der Waals surface area (Å²) in [6.07, 6.45) is 4.14. The standard InChI is InChI=1S/C24H42O2Si2/c1-18(2)14-15-20-17-21(25-27(10,11)23(4,5)6)19(3)16-22(20)26-28(12,13)24(7,8)9/h14-17H,1H2,2-13H3/b15-14+. The van der Waals surface area contributed by atoms with Crippen molar-refractivity contribution in [2.75, 3.05) is 0 Å². The molecule has 158 valence electrons. The van der Waals surface area contributed by atoms with Gasteiger partial charge in [-0.05, 0) is 67.8 Å². The maximum Gasteiger partial charge on any atom is 0.250 e. The number of benzene rings is 1. The van der Waals surface area contributed by atoms with Gasteiger partial charge in [0.25, 0.3) is 8.32 Å². The summed E-state index contributed by atoms with van der Waals surface area (Å²) in [4.78, 5) is 0. The lowest BCUT2D eigenvalue weighted by Crippen LogP contribution is -2.44. The molecule has 0 saturated heterocycles. The van der Waals surface area contributed by atoms with Crippen LogP contribution in [-0.2, 0) is 0 Å². The van der Waals surface area contributed by atoms with Crippen LogP contribution in [0.5, 0.6) is 11.5 Å². The Bertz CT molecular complexity index is 745. The molecule has 0 aliphatic carbocycles. The minimum atomic E-state index is -1.94. The molecule has 1 rings (SSSR count). The molecule has 1 aromatic carbocycles. The first-order valence-electron chi connectivity index (χ1n) is 10.2. The van der Waals surface area contributed by atoms with Crippen molar-refractivity contribution in [3.05, 3.63) is 41.5 Å². The summed E-state index contributed by atoms with van der Waals surface area (Å²) >= 11 is 0. The number of hydrogen-bond donors (Lipinski definition) is 0. The van der Waals surface area contributed by atoms with E-state index in [1.54, 1.807) is 0 Å². The summed E-state index contributed by atoms with van der Waals surface area (Å²) in [7, 11) is -3.85. The molecule has 0 bridgehead atoms. The van der Waals surface area contributed by atoms with E-state index in [9.17, 15) is 0 Å². The van der Waals surface area contributed by atoms with Crippen molar-refractivity contribution < 1.29 is 8.85 Å². The van der Waals surface area contributed by atoms with Crippen molar-refractivity contribution in [2.24, 2.45) is 0 Å². The molecular weight excluding hydrogens is 376 g/mol. The minimum Gasteiger partial charge on any atom is -0.543 e. The van der Waals surface area contributed by atoms with Crippen molar-refractivity contribution in [3.63, 3.8) is 0 Å². The van der Waals surface area contributed by atoms with Crippen LogP contribution < -0.4 is 8.85 Å². The molecule has 0 aliphatic heterocycles. The van der Waals surface area contributed by atoms with Crippen molar-refractivity contribution in [1.29, 1.82) is 0 Å². The van der Waals surface area contributed by atoms with E-state index in [1.807, 2.05) is 13.0 Å². The molecule has 4 heteroatoms. The van der Waals surface area contributed by atoms with Gasteiger partial charge in [-0.3, -0.25) is 0 Å². The van der Waals surface area contributed by atoms with Gasteiger partial charge in [0.05, 0.1) is 0 Å². The van der Waals surface area contributed by atoms with Gasteiger partial charge in [0.1, 0.15) is 11.5 Å². The molecule has 0 saturated carbocycles. The van der Waals surface area contributed by atoms with Crippen molar-refractivity contribution >= 4 is 22.7 Å². The van der Waals surface area contributed by atoms with E-state index in [0.29, 0.717) is 0 Å². The molecule has 28 heavy (non-hydrogen) atoms. The average Bonchev–Trinajstić information content (AvgIpc) is 2.45. The zero-order valence-electron chi connectivity index (χ0n) is 20.3. The largest absolute Gasteiger partial charge is 0.543 e. The third kappa shape index (κ3) is 6.11. The van der Waals surface area contributed by atoms with Crippen molar-refractivity contribution in [1.82, 2.24) is 0 Å². The highest BCUT2D eigenvalue weighted by Gasteiger charge is 2.41. The van der Waals surface area contributed by atoms with Crippen LogP contribution in [-0.4, -0.2) is 16.6 Å². The summed E-state index contributed by atoms with van der Waals surface area (Å²) in [5, 5.41) is 0.302. The normalized spacial score (nSPS) is 13.7. The van der Waals surface area contributed by atoms with Crippen LogP contribution in [0.15, 0.2) is 30.4 Å². The Kier molecular flexibility index (Phi) is 7.28. The molecule has 0 heterocycles. The van der Waals surface area contributed by atoms with Gasteiger partial charge in [0.2, 0.25) is 8.32 Å². The lowest BCUT2D eigenvalue weighted by Gasteiger charge is -2.38. The van der Waals surface area contributed by atoms with Crippen molar-refractivity contribution in [3.8, 4) is 11.5 Å². The third-order valence-electron chi connectivity index (χ3n) is 6.20. The molecule has 0 fully saturated rings. The summed E-state index contributed by atoms with van der Waals surface area (Å²) in [5.74, 6) is 1.92. The summed E-state index contributed by atoms with van der Waals surface area (Å²) < 4.78 is 13.3. The molecule has 0 aromatic heterocycles. The first-order valence-corrected chi connectivity index (χ1v) is 16.1. The third-order valence-corrected chi connectivity index (χ3v) is 14.9. The van der Waals surface area contributed by atoms with E-state index in [0.717, 1.165) is 28.2 Å². The van der Waals surface area contributed by atoms with Gasteiger partial charge in [0, 0.05) is 5.56 Å². The van der Waals surface area contributed by atoms with E-state index in [-0.39, 0.29) is 10.1 Å². The Morgan fingerprint density at radius 3 is 1.68 bits per heavy atom. The second-order valence-corrected chi connectivity index (χ2v) is 20.5. The fourth-order valence-corrected chi connectivity index (χ4v) is 4.20. The van der Waals surface area contributed by atoms with Gasteiger partial charge in [0.15, 0.2) is 0 Å². The molecule has 0 amide bonds. The van der Waals surface area contributed by atoms with Crippen LogP contribution in [0.2, 0.25) is 36.3 Å². The van der Waals surface area contributed by atoms with E-state index in [2.05, 4.69) is 99.4 Å². The van der Waals surface area contributed by atoms with E-state index < -0.39 is 16.6 Å². The highest BCUT2D eigenvalue weighted by atomic mass is 28.4. The summed E-state index contributed by atoms with van der Waals surface area (Å²) in [5.41, 5.74) is 3.21. The lowest BCUT2D eigenvalue weighted by atomic mass is 10.1. The second kappa shape index (κ2) is 8.23. The quantitative estimate of drug-likeness (QED) is 0.341. The Labute approximate surface area is 176 Å². The van der Waals surface area contributed by atoms with Crippen molar-refractivity contribution in [2.45, 2.75) is 91.7 Å². The van der Waals surface area contributed by atoms with Gasteiger partial charge in [-0.1, -0.05) is 65.8 Å². The van der Waals surface area contributed by atoms with Gasteiger partial charge in [-0.15, -0.1) is 0 Å². The minimum absolute atomic E-state index is 0.145. The van der Waals surface area contributed by atoms with E-state index in [1.165, 1.54) is 0 Å². The fourth-order valence-electron chi connectivity index (χ4n) is 2.09. The Morgan fingerprint density at radius 1 is 0.857 bits per heavy atom. The molecule has 0 atom stereocenters. The van der Waals surface area contributed by atoms with Crippen LogP contribution in [0.25, 0.3) is 6.08 Å². The topological polar surface area (TPSA) is 18.5 Å². The fraction of sp³-hybridized carbons (Fsp3) is 0.583. The number of hydrogen-bond acceptors (Lipinski definition) is 2. The van der Waals surface area contributed by atoms with Gasteiger partial charge >= 0.3 is 0 Å². The van der Waals surface area contributed by atoms with Crippen LogP contribution in [0, 0.1) is 6.92 Å². The molecular formula is C24H42O2Si2. The van der Waals surface area contributed by atoms with E-state index in [4.69, 9.17) is 8.85 Å². The zero-order chi connectivity index (χ0) is 22.1. The smallest absolute Gasteiger partial charge is 0.250 e. The SMILES string of the molecule is C=C(C)/C=C/c1cc(O[Si](C)(C)C(C)(C)C)c(C)cc1O[Si](C)(C)C(C)(C)C. The first kappa shape index (κ1) is 24.8. The number of allylic oxidation sites excluding steroid dienone is 2. The van der Waals surface area contributed by atoms with E-state index >= 15 is 0 Å². The highest BCUT2D eigenvalue weighted by molar-refractivity contribution is 6.75. The van der Waals surface area contributed by atoms with Crippen LogP contribution in [0.4, 0.5) is 0 Å². The Balaban J connectivity index is 3.47. The second-order valence-electron chi connectivity index (χ2n) is 11.1. The van der Waals surface area contributed by atoms with Crippen LogP contribution in [0.3, 0.4) is 0 Å². The van der Waals surface area contributed by atoms with Crippen LogP contribution >= 0.6 is 0 Å². The number of aryl methyl sites for hydroxylation is 1. The van der Waals surface area contributed by atoms with Gasteiger partial charge in [-0.2, -0.15) is 0 Å². The maximum atomic E-state index is 6.68. The predicted octanol–water partition coefficient (Wildman–Crippen LogP) is 8.35. The Morgan fingerprint density at radius 2 is 1.29 bits per heavy atom. The monoisotopic (exact) mass is 418 g/mol. The molecule has 0 unspecified atom stereocenters. The number of rotatable bonds is 6. The average molecular weight is 419 g/mol. The maximum absolute atomic E-state index is 6.68. The van der Waals surface area contributed by atoms with Gasteiger partial charge in [-0.25, -0.2) is 0 Å². The van der Waals surface area contributed by atoms with Crippen LogP contribution in [0.1, 0.15) is 59.6 Å². The highest BCUT2D eigenvalue weighted by Crippen LogP contribution is 2.42. The molecule has 1 aromatic rings. The summed E-state index contributed by atoms with van der Waals surface area (Å²) in [6, 6.07) is 4.30. The Hall–Kier alpha value is -1.27. The molecule has 0 aliphatic rings. The zero-order valence-corrected chi connectivity index (χ0v) is 22.3. The summed E-state index contributed by atoms with van der Waals surface area (Å²) in [6.45, 7) is 30.9. The predicted molar refractivity (Wildman–Crippen MR) is 131 cm³/mol. The molecule has 0 N–H and O–H groups in total. The molecule has 0 spiro atoms. The lowest BCUT2D eigenvalue weighted by molar-refractivity contribution is 0.478. The molecule has 0 radical (unpaired) electrons. The first-order chi connectivity index (χ1) is 12.4. The molecule has 2 nitrogen and oxygen atoms in total. The van der Waals surface area contributed by atoms with Gasteiger partial charge < -0.3 is 8.85 Å².